The van der Waals surface area contributed by atoms with E-state index in [1.165, 1.54) is 0 Å². The van der Waals surface area contributed by atoms with E-state index in [-0.39, 0.29) is 16.7 Å². The maximum atomic E-state index is 13.4. The monoisotopic (exact) mass is 540 g/mol. The van der Waals surface area contributed by atoms with Crippen molar-refractivity contribution in [1.82, 2.24) is 9.80 Å². The Hall–Kier alpha value is -3.90. The van der Waals surface area contributed by atoms with E-state index in [0.29, 0.717) is 30.9 Å². The van der Waals surface area contributed by atoms with Crippen LogP contribution < -0.4 is 4.74 Å². The van der Waals surface area contributed by atoms with Gasteiger partial charge in [0.05, 0.1) is 11.6 Å². The zero-order valence-electron chi connectivity index (χ0n) is 24.4. The number of aliphatic hydroxyl groups is 1. The van der Waals surface area contributed by atoms with Crippen molar-refractivity contribution in [3.8, 4) is 5.75 Å². The molecule has 0 aromatic heterocycles. The van der Waals surface area contributed by atoms with Gasteiger partial charge in [0.1, 0.15) is 18.1 Å². The fraction of sp³-hybridized carbons (Fsp3) is 0.353. The lowest BCUT2D eigenvalue weighted by Crippen LogP contribution is -2.32. The first kappa shape index (κ1) is 29.1. The molecule has 210 valence electrons. The van der Waals surface area contributed by atoms with Crippen molar-refractivity contribution in [2.24, 2.45) is 0 Å². The third-order valence-electron chi connectivity index (χ3n) is 7.34. The average molecular weight is 541 g/mol. The normalized spacial score (nSPS) is 17.1. The molecular formula is C34H40N2O4. The summed E-state index contributed by atoms with van der Waals surface area (Å²) in [5.41, 5.74) is 4.37. The van der Waals surface area contributed by atoms with E-state index in [9.17, 15) is 14.7 Å². The van der Waals surface area contributed by atoms with Gasteiger partial charge in [-0.1, -0.05) is 75.4 Å². The molecule has 0 spiro atoms. The molecule has 0 radical (unpaired) electrons. The number of Topliss-reactive ketones (excluding diaryl/α,β-unsaturated/α-hetero) is 1. The van der Waals surface area contributed by atoms with E-state index in [2.05, 4.69) is 25.7 Å². The Kier molecular flexibility index (Phi) is 8.79. The number of carbonyl (C=O) groups excluding carboxylic acids is 2. The molecule has 1 amide bonds. The third-order valence-corrected chi connectivity index (χ3v) is 7.34. The Balaban J connectivity index is 1.70. The zero-order valence-corrected chi connectivity index (χ0v) is 24.4. The molecule has 1 unspecified atom stereocenters. The van der Waals surface area contributed by atoms with Gasteiger partial charge in [0.15, 0.2) is 0 Å². The number of ether oxygens (including phenoxy) is 1. The topological polar surface area (TPSA) is 70.1 Å². The first-order valence-electron chi connectivity index (χ1n) is 13.8. The Morgan fingerprint density at radius 3 is 2.25 bits per heavy atom. The summed E-state index contributed by atoms with van der Waals surface area (Å²) in [7, 11) is 3.96. The van der Waals surface area contributed by atoms with Crippen molar-refractivity contribution in [1.29, 1.82) is 0 Å². The van der Waals surface area contributed by atoms with Gasteiger partial charge in [0.25, 0.3) is 11.7 Å². The molecule has 1 N–H and O–H groups in total. The van der Waals surface area contributed by atoms with Crippen LogP contribution in [-0.2, 0) is 21.6 Å². The molecule has 0 saturated carbocycles. The number of aryl methyl sites for hydroxylation is 1. The number of nitrogens with zero attached hydrogens (tertiary/aromatic N) is 2. The smallest absolute Gasteiger partial charge is 0.295 e. The molecule has 1 atom stereocenters. The Morgan fingerprint density at radius 2 is 1.65 bits per heavy atom. The molecule has 1 aliphatic rings. The highest BCUT2D eigenvalue weighted by atomic mass is 16.5. The fourth-order valence-electron chi connectivity index (χ4n) is 5.06. The summed E-state index contributed by atoms with van der Waals surface area (Å²) in [5.74, 6) is -0.733. The number of amides is 1. The summed E-state index contributed by atoms with van der Waals surface area (Å²) in [6, 6.07) is 22.6. The number of benzene rings is 3. The Bertz CT molecular complexity index is 1390. The van der Waals surface area contributed by atoms with Crippen LogP contribution in [0.25, 0.3) is 5.76 Å². The predicted octanol–water partition coefficient (Wildman–Crippen LogP) is 6.24. The van der Waals surface area contributed by atoms with Gasteiger partial charge < -0.3 is 19.6 Å². The number of aliphatic hydroxyl groups excluding tert-OH is 1. The SMILES string of the molecule is Cc1cc(OCc2ccccc2)ccc1C(O)=C1C(=O)C(=O)N(CCCN(C)C)C1c1ccc(C(C)(C)C)cc1. The van der Waals surface area contributed by atoms with Crippen molar-refractivity contribution in [3.05, 3.63) is 106 Å². The first-order valence-corrected chi connectivity index (χ1v) is 13.8. The minimum atomic E-state index is -0.662. The van der Waals surface area contributed by atoms with Crippen LogP contribution in [-0.4, -0.2) is 53.8 Å². The highest BCUT2D eigenvalue weighted by Crippen LogP contribution is 2.41. The van der Waals surface area contributed by atoms with Gasteiger partial charge in [-0.15, -0.1) is 0 Å². The summed E-state index contributed by atoms with van der Waals surface area (Å²) in [6.07, 6.45) is 0.711. The minimum absolute atomic E-state index is 0.0342. The number of hydrogen-bond acceptors (Lipinski definition) is 5. The quantitative estimate of drug-likeness (QED) is 0.198. The van der Waals surface area contributed by atoms with E-state index >= 15 is 0 Å². The molecule has 40 heavy (non-hydrogen) atoms. The van der Waals surface area contributed by atoms with Crippen LogP contribution >= 0.6 is 0 Å². The van der Waals surface area contributed by atoms with Crippen LogP contribution in [0.15, 0.2) is 78.4 Å². The lowest BCUT2D eigenvalue weighted by atomic mass is 9.85. The molecule has 1 saturated heterocycles. The molecule has 0 bridgehead atoms. The molecule has 1 fully saturated rings. The highest BCUT2D eigenvalue weighted by Gasteiger charge is 2.46. The first-order chi connectivity index (χ1) is 19.0. The summed E-state index contributed by atoms with van der Waals surface area (Å²) in [4.78, 5) is 30.4. The molecular weight excluding hydrogens is 500 g/mol. The van der Waals surface area contributed by atoms with Crippen molar-refractivity contribution in [3.63, 3.8) is 0 Å². The van der Waals surface area contributed by atoms with Crippen LogP contribution in [0.4, 0.5) is 0 Å². The Labute approximate surface area is 237 Å². The van der Waals surface area contributed by atoms with Crippen LogP contribution in [0.3, 0.4) is 0 Å². The molecule has 6 nitrogen and oxygen atoms in total. The lowest BCUT2D eigenvalue weighted by molar-refractivity contribution is -0.139. The minimum Gasteiger partial charge on any atom is -0.507 e. The second-order valence-corrected chi connectivity index (χ2v) is 11.8. The van der Waals surface area contributed by atoms with E-state index in [4.69, 9.17) is 4.74 Å². The van der Waals surface area contributed by atoms with Gasteiger partial charge in [-0.25, -0.2) is 0 Å². The second-order valence-electron chi connectivity index (χ2n) is 11.8. The zero-order chi connectivity index (χ0) is 29.0. The number of ketones is 1. The maximum absolute atomic E-state index is 13.4. The number of hydrogen-bond donors (Lipinski definition) is 1. The molecule has 6 heteroatoms. The van der Waals surface area contributed by atoms with Gasteiger partial charge in [0, 0.05) is 12.1 Å². The largest absolute Gasteiger partial charge is 0.507 e. The molecule has 1 aliphatic heterocycles. The van der Waals surface area contributed by atoms with Crippen LogP contribution in [0.5, 0.6) is 5.75 Å². The van der Waals surface area contributed by atoms with Gasteiger partial charge in [-0.05, 0) is 79.9 Å². The van der Waals surface area contributed by atoms with Gasteiger partial charge in [0.2, 0.25) is 0 Å². The van der Waals surface area contributed by atoms with Crippen molar-refractivity contribution in [2.75, 3.05) is 27.2 Å². The summed E-state index contributed by atoms with van der Waals surface area (Å²) in [6.45, 7) is 9.92. The van der Waals surface area contributed by atoms with Crippen molar-refractivity contribution >= 4 is 17.4 Å². The van der Waals surface area contributed by atoms with E-state index in [0.717, 1.165) is 28.8 Å². The van der Waals surface area contributed by atoms with Crippen molar-refractivity contribution in [2.45, 2.75) is 52.2 Å². The molecule has 3 aromatic rings. The molecule has 0 aliphatic carbocycles. The van der Waals surface area contributed by atoms with Crippen LogP contribution in [0, 0.1) is 6.92 Å². The number of carbonyl (C=O) groups is 2. The second kappa shape index (κ2) is 12.1. The Morgan fingerprint density at radius 1 is 0.975 bits per heavy atom. The van der Waals surface area contributed by atoms with Crippen LogP contribution in [0.2, 0.25) is 0 Å². The van der Waals surface area contributed by atoms with E-state index < -0.39 is 17.7 Å². The summed E-state index contributed by atoms with van der Waals surface area (Å²) >= 11 is 0. The van der Waals surface area contributed by atoms with Gasteiger partial charge >= 0.3 is 0 Å². The van der Waals surface area contributed by atoms with Crippen molar-refractivity contribution < 1.29 is 19.4 Å². The van der Waals surface area contributed by atoms with E-state index in [1.807, 2.05) is 81.7 Å². The molecule has 1 heterocycles. The lowest BCUT2D eigenvalue weighted by Gasteiger charge is -2.27. The fourth-order valence-corrected chi connectivity index (χ4v) is 5.06. The van der Waals surface area contributed by atoms with Gasteiger partial charge in [-0.2, -0.15) is 0 Å². The predicted molar refractivity (Wildman–Crippen MR) is 159 cm³/mol. The number of likely N-dealkylation sites (tertiary alicyclic amines) is 1. The molecule has 4 rings (SSSR count). The van der Waals surface area contributed by atoms with Crippen LogP contribution in [0.1, 0.15) is 61.1 Å². The summed E-state index contributed by atoms with van der Waals surface area (Å²) < 4.78 is 5.95. The van der Waals surface area contributed by atoms with E-state index in [1.54, 1.807) is 17.0 Å². The highest BCUT2D eigenvalue weighted by molar-refractivity contribution is 6.46. The maximum Gasteiger partial charge on any atom is 0.295 e. The standard InChI is InChI=1S/C34H40N2O4/c1-23-21-27(40-22-24-11-8-7-9-12-24)17-18-28(23)31(37)29-30(25-13-15-26(16-14-25)34(2,3)4)36(33(39)32(29)38)20-10-19-35(5)6/h7-9,11-18,21,30,37H,10,19-20,22H2,1-6H3. The summed E-state index contributed by atoms with van der Waals surface area (Å²) in [5, 5.41) is 11.6. The third kappa shape index (κ3) is 6.45. The average Bonchev–Trinajstić information content (AvgIpc) is 3.16. The molecule has 3 aromatic carbocycles. The van der Waals surface area contributed by atoms with Gasteiger partial charge in [-0.3, -0.25) is 9.59 Å². The number of rotatable bonds is 9.